The van der Waals surface area contributed by atoms with Crippen LogP contribution in [0.3, 0.4) is 0 Å². The van der Waals surface area contributed by atoms with Crippen LogP contribution in [0.4, 0.5) is 11.4 Å². The summed E-state index contributed by atoms with van der Waals surface area (Å²) < 4.78 is 0. The molecule has 0 unspecified atom stereocenters. The molecule has 0 atom stereocenters. The molecule has 1 aromatic rings. The number of nitrogens with one attached hydrogen (secondary N) is 1. The molecule has 7 heteroatoms. The van der Waals surface area contributed by atoms with E-state index in [9.17, 15) is 14.9 Å². The fourth-order valence-corrected chi connectivity index (χ4v) is 0.956. The van der Waals surface area contributed by atoms with Gasteiger partial charge in [0, 0.05) is 6.07 Å². The van der Waals surface area contributed by atoms with Gasteiger partial charge in [0.1, 0.15) is 11.9 Å². The van der Waals surface area contributed by atoms with Crippen molar-refractivity contribution in [1.82, 2.24) is 0 Å². The molecule has 78 valence electrons. The maximum absolute atomic E-state index is 10.9. The van der Waals surface area contributed by atoms with Gasteiger partial charge in [-0.3, -0.25) is 14.9 Å². The van der Waals surface area contributed by atoms with E-state index < -0.39 is 10.8 Å². The summed E-state index contributed by atoms with van der Waals surface area (Å²) >= 11 is 0. The molecular weight excluding hydrogens is 202 g/mol. The number of amides is 1. The van der Waals surface area contributed by atoms with E-state index in [1.54, 1.807) is 6.07 Å². The van der Waals surface area contributed by atoms with E-state index in [1.807, 2.05) is 0 Å². The number of oxime groups is 1. The molecule has 7 nitrogen and oxygen atoms in total. The first-order valence-electron chi connectivity index (χ1n) is 3.87. The third-order valence-electron chi connectivity index (χ3n) is 1.53. The second-order valence-corrected chi connectivity index (χ2v) is 2.51. The maximum Gasteiger partial charge on any atom is 0.292 e. The molecule has 1 rings (SSSR count). The summed E-state index contributed by atoms with van der Waals surface area (Å²) in [6.07, 6.45) is 0.608. The van der Waals surface area contributed by atoms with Gasteiger partial charge in [0.2, 0.25) is 0 Å². The molecule has 0 spiro atoms. The first-order chi connectivity index (χ1) is 7.15. The molecule has 0 aliphatic rings. The standard InChI is InChI=1S/C8H7N3O4/c12-8(5-9-13)10-6-3-1-2-4-7(6)11(14)15/h1-5,13H,(H,10,12)/b9-5-. The summed E-state index contributed by atoms with van der Waals surface area (Å²) in [5.41, 5.74) is -0.176. The van der Waals surface area contributed by atoms with E-state index in [-0.39, 0.29) is 11.4 Å². The third kappa shape index (κ3) is 2.76. The minimum Gasteiger partial charge on any atom is -0.411 e. The molecule has 1 aromatic carbocycles. The van der Waals surface area contributed by atoms with E-state index in [1.165, 1.54) is 18.2 Å². The Morgan fingerprint density at radius 3 is 2.80 bits per heavy atom. The van der Waals surface area contributed by atoms with E-state index in [0.717, 1.165) is 0 Å². The molecule has 0 fully saturated rings. The first kappa shape index (κ1) is 10.6. The molecule has 0 saturated carbocycles. The van der Waals surface area contributed by atoms with Gasteiger partial charge in [-0.15, -0.1) is 0 Å². The van der Waals surface area contributed by atoms with Gasteiger partial charge < -0.3 is 10.5 Å². The smallest absolute Gasteiger partial charge is 0.292 e. The van der Waals surface area contributed by atoms with Crippen LogP contribution in [0.1, 0.15) is 0 Å². The number of nitrogens with zero attached hydrogens (tertiary/aromatic N) is 2. The Morgan fingerprint density at radius 1 is 1.53 bits per heavy atom. The fraction of sp³-hybridized carbons (Fsp3) is 0. The summed E-state index contributed by atoms with van der Waals surface area (Å²) in [5, 5.41) is 23.3. The molecule has 0 aliphatic carbocycles. The van der Waals surface area contributed by atoms with E-state index >= 15 is 0 Å². The number of para-hydroxylation sites is 2. The largest absolute Gasteiger partial charge is 0.411 e. The Morgan fingerprint density at radius 2 is 2.20 bits per heavy atom. The van der Waals surface area contributed by atoms with Gasteiger partial charge in [0.25, 0.3) is 11.6 Å². The highest BCUT2D eigenvalue weighted by molar-refractivity contribution is 6.31. The Balaban J connectivity index is 2.94. The van der Waals surface area contributed by atoms with Gasteiger partial charge in [0.05, 0.1) is 4.92 Å². The first-order valence-corrected chi connectivity index (χ1v) is 3.87. The zero-order valence-corrected chi connectivity index (χ0v) is 7.45. The highest BCUT2D eigenvalue weighted by atomic mass is 16.6. The number of nitro benzene ring substituents is 1. The zero-order chi connectivity index (χ0) is 11.3. The van der Waals surface area contributed by atoms with Gasteiger partial charge in [-0.05, 0) is 6.07 Å². The summed E-state index contributed by atoms with van der Waals surface area (Å²) in [5.74, 6) is -0.744. The average Bonchev–Trinajstić information content (AvgIpc) is 2.18. The van der Waals surface area contributed by atoms with E-state index in [2.05, 4.69) is 10.5 Å². The van der Waals surface area contributed by atoms with Crippen LogP contribution in [-0.2, 0) is 4.79 Å². The summed E-state index contributed by atoms with van der Waals surface area (Å²) in [7, 11) is 0. The molecule has 0 radical (unpaired) electrons. The van der Waals surface area contributed by atoms with Crippen molar-refractivity contribution in [2.45, 2.75) is 0 Å². The van der Waals surface area contributed by atoms with Gasteiger partial charge in [-0.25, -0.2) is 0 Å². The molecule has 0 bridgehead atoms. The second-order valence-electron chi connectivity index (χ2n) is 2.51. The van der Waals surface area contributed by atoms with Gasteiger partial charge >= 0.3 is 0 Å². The van der Waals surface area contributed by atoms with Crippen LogP contribution in [0.5, 0.6) is 0 Å². The summed E-state index contributed by atoms with van der Waals surface area (Å²) in [6, 6.07) is 5.65. The van der Waals surface area contributed by atoms with Gasteiger partial charge in [-0.2, -0.15) is 0 Å². The number of anilines is 1. The number of carbonyl (C=O) groups is 1. The summed E-state index contributed by atoms with van der Waals surface area (Å²) in [6.45, 7) is 0. The molecular formula is C8H7N3O4. The molecule has 1 amide bonds. The lowest BCUT2D eigenvalue weighted by Gasteiger charge is -2.01. The Labute approximate surface area is 84.2 Å². The maximum atomic E-state index is 10.9. The van der Waals surface area contributed by atoms with Crippen molar-refractivity contribution in [1.29, 1.82) is 0 Å². The van der Waals surface area contributed by atoms with E-state index in [4.69, 9.17) is 5.21 Å². The van der Waals surface area contributed by atoms with Crippen LogP contribution in [0.15, 0.2) is 29.4 Å². The van der Waals surface area contributed by atoms with Crippen molar-refractivity contribution < 1.29 is 14.9 Å². The Hall–Kier alpha value is -2.44. The molecule has 0 saturated heterocycles. The Kier molecular flexibility index (Phi) is 3.33. The van der Waals surface area contributed by atoms with Gasteiger partial charge in [-0.1, -0.05) is 17.3 Å². The number of nitro groups is 1. The molecule has 15 heavy (non-hydrogen) atoms. The summed E-state index contributed by atoms with van der Waals surface area (Å²) in [4.78, 5) is 20.9. The monoisotopic (exact) mass is 209 g/mol. The van der Waals surface area contributed by atoms with Crippen LogP contribution in [-0.4, -0.2) is 22.3 Å². The predicted octanol–water partition coefficient (Wildman–Crippen LogP) is 0.993. The molecule has 0 aromatic heterocycles. The number of benzene rings is 1. The zero-order valence-electron chi connectivity index (χ0n) is 7.45. The number of hydrogen-bond acceptors (Lipinski definition) is 5. The quantitative estimate of drug-likeness (QED) is 0.335. The minimum absolute atomic E-state index is 0.0485. The third-order valence-corrected chi connectivity index (χ3v) is 1.53. The lowest BCUT2D eigenvalue weighted by molar-refractivity contribution is -0.383. The van der Waals surface area contributed by atoms with Gasteiger partial charge in [0.15, 0.2) is 0 Å². The lowest BCUT2D eigenvalue weighted by atomic mass is 10.2. The Bertz CT molecular complexity index is 416. The van der Waals surface area contributed by atoms with Crippen LogP contribution in [0.25, 0.3) is 0 Å². The van der Waals surface area contributed by atoms with Crippen LogP contribution in [0, 0.1) is 10.1 Å². The SMILES string of the molecule is O=C(/C=N\O)Nc1ccccc1[N+](=O)[O-]. The topological polar surface area (TPSA) is 105 Å². The van der Waals surface area contributed by atoms with Crippen molar-refractivity contribution in [3.63, 3.8) is 0 Å². The van der Waals surface area contributed by atoms with Crippen molar-refractivity contribution in [3.8, 4) is 0 Å². The molecule has 0 aliphatic heterocycles. The lowest BCUT2D eigenvalue weighted by Crippen LogP contribution is -2.13. The van der Waals surface area contributed by atoms with Crippen molar-refractivity contribution in [3.05, 3.63) is 34.4 Å². The molecule has 2 N–H and O–H groups in total. The second kappa shape index (κ2) is 4.70. The van der Waals surface area contributed by atoms with Crippen molar-refractivity contribution in [2.75, 3.05) is 5.32 Å². The number of hydrogen-bond donors (Lipinski definition) is 2. The van der Waals surface area contributed by atoms with Crippen molar-refractivity contribution >= 4 is 23.5 Å². The van der Waals surface area contributed by atoms with E-state index in [0.29, 0.717) is 6.21 Å². The highest BCUT2D eigenvalue weighted by Crippen LogP contribution is 2.22. The number of carbonyl (C=O) groups excluding carboxylic acids is 1. The average molecular weight is 209 g/mol. The van der Waals surface area contributed by atoms with Crippen molar-refractivity contribution in [2.24, 2.45) is 5.16 Å². The highest BCUT2D eigenvalue weighted by Gasteiger charge is 2.13. The molecule has 0 heterocycles. The predicted molar refractivity (Wildman–Crippen MR) is 52.0 cm³/mol. The van der Waals surface area contributed by atoms with Crippen LogP contribution < -0.4 is 5.32 Å². The minimum atomic E-state index is -0.744. The van der Waals surface area contributed by atoms with Crippen LogP contribution in [0.2, 0.25) is 0 Å². The normalized spacial score (nSPS) is 10.1. The fourth-order valence-electron chi connectivity index (χ4n) is 0.956. The number of rotatable bonds is 3. The van der Waals surface area contributed by atoms with Crippen LogP contribution >= 0.6 is 0 Å².